The number of halogens is 6. The Morgan fingerprint density at radius 2 is 1.43 bits per heavy atom. The van der Waals surface area contributed by atoms with Crippen molar-refractivity contribution in [1.82, 2.24) is 0 Å². The highest BCUT2D eigenvalue weighted by molar-refractivity contribution is 7.48. The van der Waals surface area contributed by atoms with E-state index in [4.69, 9.17) is 0 Å². The van der Waals surface area contributed by atoms with Gasteiger partial charge in [0.2, 0.25) is 12.5 Å². The van der Waals surface area contributed by atoms with Crippen LogP contribution in [0.4, 0.5) is 26.6 Å². The van der Waals surface area contributed by atoms with E-state index in [1.165, 1.54) is 0 Å². The van der Waals surface area contributed by atoms with Crippen molar-refractivity contribution < 1.29 is 45.2 Å². The maximum Gasteiger partial charge on any atom is 0.539 e. The highest BCUT2D eigenvalue weighted by Crippen LogP contribution is 2.52. The van der Waals surface area contributed by atoms with Gasteiger partial charge in [-0.25, -0.2) is 26.7 Å². The van der Waals surface area contributed by atoms with Gasteiger partial charge in [0.05, 0.1) is 0 Å². The van der Waals surface area contributed by atoms with E-state index in [9.17, 15) is 31.2 Å². The van der Waals surface area contributed by atoms with Crippen molar-refractivity contribution in [2.75, 3.05) is 0 Å². The Kier molecular flexibility index (Phi) is 5.42. The summed E-state index contributed by atoms with van der Waals surface area (Å²) in [5.41, 5.74) is 0. The van der Waals surface area contributed by atoms with Crippen molar-refractivity contribution in [3.8, 4) is 0 Å². The molecule has 0 aromatic rings. The molecule has 14 heavy (non-hydrogen) atoms. The SMILES string of the molecule is O=P(OF)(OF)OC(F)C(F)C(F)F. The molecule has 0 rings (SSSR count). The average molecular weight is 248 g/mol. The summed E-state index contributed by atoms with van der Waals surface area (Å²) in [5.74, 6) is 0. The monoisotopic (exact) mass is 248 g/mol. The minimum Gasteiger partial charge on any atom is -0.245 e. The number of phosphoric acid groups is 1. The van der Waals surface area contributed by atoms with Gasteiger partial charge in [0.25, 0.3) is 6.43 Å². The first-order valence-electron chi connectivity index (χ1n) is 2.81. The molecule has 0 aromatic carbocycles. The van der Waals surface area contributed by atoms with Gasteiger partial charge in [-0.2, -0.15) is 0 Å². The normalized spacial score (nSPS) is 17.1. The lowest BCUT2D eigenvalue weighted by Gasteiger charge is -2.14. The average Bonchev–Trinajstić information content (AvgIpc) is 2.16. The molecule has 2 atom stereocenters. The molecule has 4 nitrogen and oxygen atoms in total. The molecule has 0 aliphatic rings. The van der Waals surface area contributed by atoms with Gasteiger partial charge in [-0.1, -0.05) is 9.46 Å². The highest BCUT2D eigenvalue weighted by atomic mass is 31.2. The van der Waals surface area contributed by atoms with Crippen LogP contribution in [0.3, 0.4) is 0 Å². The molecular weight excluding hydrogens is 245 g/mol. The summed E-state index contributed by atoms with van der Waals surface area (Å²) >= 11 is 0. The van der Waals surface area contributed by atoms with E-state index in [0.29, 0.717) is 0 Å². The fourth-order valence-corrected chi connectivity index (χ4v) is 0.788. The van der Waals surface area contributed by atoms with Crippen LogP contribution in [0.2, 0.25) is 0 Å². The molecule has 0 radical (unpaired) electrons. The van der Waals surface area contributed by atoms with Gasteiger partial charge in [-0.3, -0.25) is 0 Å². The molecule has 0 amide bonds. The van der Waals surface area contributed by atoms with Gasteiger partial charge in [0, 0.05) is 0 Å². The number of rotatable bonds is 6. The molecule has 86 valence electrons. The molecule has 11 heteroatoms. The Balaban J connectivity index is 4.30. The number of alkyl halides is 4. The van der Waals surface area contributed by atoms with Gasteiger partial charge >= 0.3 is 7.82 Å². The standard InChI is InChI=1S/C3H3F6O4P/c4-1(2(5)6)3(7)11-14(10,12-8)13-9/h1-3H. The molecule has 0 aromatic heterocycles. The zero-order chi connectivity index (χ0) is 11.4. The first kappa shape index (κ1) is 13.7. The Bertz CT molecular complexity index is 205. The van der Waals surface area contributed by atoms with Crippen molar-refractivity contribution in [3.05, 3.63) is 0 Å². The van der Waals surface area contributed by atoms with E-state index in [1.54, 1.807) is 0 Å². The zero-order valence-electron chi connectivity index (χ0n) is 6.08. The van der Waals surface area contributed by atoms with Gasteiger partial charge in [-0.15, -0.1) is 0 Å². The lowest BCUT2D eigenvalue weighted by Crippen LogP contribution is -2.26. The fraction of sp³-hybridized carbons (Fsp3) is 1.00. The summed E-state index contributed by atoms with van der Waals surface area (Å²) in [6.45, 7) is 0. The molecule has 0 N–H and O–H groups in total. The fourth-order valence-electron chi connectivity index (χ4n) is 0.339. The molecule has 2 unspecified atom stereocenters. The van der Waals surface area contributed by atoms with Crippen LogP contribution in [0.1, 0.15) is 0 Å². The lowest BCUT2D eigenvalue weighted by molar-refractivity contribution is -0.154. The van der Waals surface area contributed by atoms with Gasteiger partial charge in [0.15, 0.2) is 0 Å². The minimum atomic E-state index is -5.61. The summed E-state index contributed by atoms with van der Waals surface area (Å²) in [6, 6.07) is 0. The Labute approximate surface area is 73.2 Å². The van der Waals surface area contributed by atoms with Crippen molar-refractivity contribution in [2.45, 2.75) is 19.0 Å². The third-order valence-corrected chi connectivity index (χ3v) is 1.69. The Hall–Kier alpha value is -0.310. The van der Waals surface area contributed by atoms with Crippen LogP contribution in [-0.4, -0.2) is 19.0 Å². The van der Waals surface area contributed by atoms with E-state index in [1.807, 2.05) is 0 Å². The van der Waals surface area contributed by atoms with Crippen LogP contribution in [0.5, 0.6) is 0 Å². The first-order chi connectivity index (χ1) is 6.36. The van der Waals surface area contributed by atoms with Crippen LogP contribution in [-0.2, 0) is 18.5 Å². The largest absolute Gasteiger partial charge is 0.539 e. The molecular formula is C3H3F6O4P. The van der Waals surface area contributed by atoms with E-state index < -0.39 is 26.8 Å². The molecule has 0 bridgehead atoms. The molecule has 0 saturated carbocycles. The first-order valence-corrected chi connectivity index (χ1v) is 4.27. The smallest absolute Gasteiger partial charge is 0.245 e. The van der Waals surface area contributed by atoms with Gasteiger partial charge in [-0.05, 0) is 9.05 Å². The second kappa shape index (κ2) is 5.54. The lowest BCUT2D eigenvalue weighted by atomic mass is 10.4. The van der Waals surface area contributed by atoms with Crippen LogP contribution in [0, 0.1) is 0 Å². The topological polar surface area (TPSA) is 44.8 Å². The van der Waals surface area contributed by atoms with Gasteiger partial charge in [0.1, 0.15) is 0 Å². The maximum atomic E-state index is 12.2. The summed E-state index contributed by atoms with van der Waals surface area (Å²) in [7, 11) is -5.61. The van der Waals surface area contributed by atoms with Crippen LogP contribution in [0.15, 0.2) is 0 Å². The van der Waals surface area contributed by atoms with Crippen molar-refractivity contribution in [1.29, 1.82) is 0 Å². The molecule has 0 aliphatic carbocycles. The Morgan fingerprint density at radius 3 is 1.71 bits per heavy atom. The molecule has 0 spiro atoms. The van der Waals surface area contributed by atoms with Crippen molar-refractivity contribution >= 4 is 7.82 Å². The van der Waals surface area contributed by atoms with Crippen LogP contribution in [0.25, 0.3) is 0 Å². The molecule has 0 heterocycles. The quantitative estimate of drug-likeness (QED) is 0.535. The number of hydrogen-bond acceptors (Lipinski definition) is 4. The third kappa shape index (κ3) is 3.82. The second-order valence-corrected chi connectivity index (χ2v) is 3.20. The molecule has 0 saturated heterocycles. The van der Waals surface area contributed by atoms with Crippen molar-refractivity contribution in [3.63, 3.8) is 0 Å². The predicted molar refractivity (Wildman–Crippen MR) is 28.9 cm³/mol. The van der Waals surface area contributed by atoms with E-state index in [-0.39, 0.29) is 0 Å². The van der Waals surface area contributed by atoms with E-state index in [0.717, 1.165) is 0 Å². The summed E-state index contributed by atoms with van der Waals surface area (Å²) < 4.78 is 86.8. The molecule has 0 aliphatic heterocycles. The zero-order valence-corrected chi connectivity index (χ0v) is 6.97. The van der Waals surface area contributed by atoms with Gasteiger partial charge < -0.3 is 0 Å². The van der Waals surface area contributed by atoms with Crippen LogP contribution < -0.4 is 0 Å². The second-order valence-electron chi connectivity index (χ2n) is 1.82. The maximum absolute atomic E-state index is 12.2. The highest BCUT2D eigenvalue weighted by Gasteiger charge is 2.40. The van der Waals surface area contributed by atoms with Crippen molar-refractivity contribution in [2.24, 2.45) is 0 Å². The molecule has 0 fully saturated rings. The Morgan fingerprint density at radius 1 is 1.00 bits per heavy atom. The van der Waals surface area contributed by atoms with E-state index in [2.05, 4.69) is 14.0 Å². The summed E-state index contributed by atoms with van der Waals surface area (Å²) in [5, 5.41) is 0. The van der Waals surface area contributed by atoms with E-state index >= 15 is 0 Å². The number of hydrogen-bond donors (Lipinski definition) is 0. The predicted octanol–water partition coefficient (Wildman–Crippen LogP) is 2.81. The third-order valence-electron chi connectivity index (χ3n) is 0.890. The summed E-state index contributed by atoms with van der Waals surface area (Å²) in [6.07, 6.45) is -10.9. The minimum absolute atomic E-state index is 2.17. The van der Waals surface area contributed by atoms with Crippen LogP contribution >= 0.6 is 7.82 Å². The summed E-state index contributed by atoms with van der Waals surface area (Å²) in [4.78, 5) is 0.